The van der Waals surface area contributed by atoms with Crippen molar-refractivity contribution in [3.8, 4) is 0 Å². The second kappa shape index (κ2) is 6.48. The predicted molar refractivity (Wildman–Crippen MR) is 82.8 cm³/mol. The first kappa shape index (κ1) is 15.8. The highest BCUT2D eigenvalue weighted by Gasteiger charge is 2.34. The minimum absolute atomic E-state index is 0.0198. The van der Waals surface area contributed by atoms with E-state index < -0.39 is 10.5 Å². The van der Waals surface area contributed by atoms with Crippen LogP contribution in [0.25, 0.3) is 0 Å². The zero-order chi connectivity index (χ0) is 16.2. The number of nitrogens with two attached hydrogens (primary N) is 1. The molecule has 2 N–H and O–H groups in total. The van der Waals surface area contributed by atoms with Crippen LogP contribution in [0.3, 0.4) is 0 Å². The summed E-state index contributed by atoms with van der Waals surface area (Å²) in [6.07, 6.45) is 5.41. The first-order valence-corrected chi connectivity index (χ1v) is 6.90. The zero-order valence-electron chi connectivity index (χ0n) is 12.5. The number of benzene rings is 1. The number of rotatable bonds is 5. The summed E-state index contributed by atoms with van der Waals surface area (Å²) in [6.45, 7) is 4.32. The number of azo groups is 1. The Kier molecular flexibility index (Phi) is 4.67. The van der Waals surface area contributed by atoms with Gasteiger partial charge in [-0.1, -0.05) is 6.08 Å². The summed E-state index contributed by atoms with van der Waals surface area (Å²) >= 11 is 0. The molecule has 1 aromatic rings. The van der Waals surface area contributed by atoms with Crippen LogP contribution in [0, 0.1) is 10.1 Å². The van der Waals surface area contributed by atoms with Gasteiger partial charge in [0.2, 0.25) is 0 Å². The Bertz CT molecular complexity index is 637. The summed E-state index contributed by atoms with van der Waals surface area (Å²) < 4.78 is 5.74. The van der Waals surface area contributed by atoms with Crippen LogP contribution in [-0.4, -0.2) is 23.2 Å². The van der Waals surface area contributed by atoms with E-state index in [0.717, 1.165) is 0 Å². The molecule has 0 spiro atoms. The Hall–Kier alpha value is -2.54. The Morgan fingerprint density at radius 2 is 2.09 bits per heavy atom. The van der Waals surface area contributed by atoms with Crippen molar-refractivity contribution in [2.24, 2.45) is 16.0 Å². The Balaban J connectivity index is 2.17. The molecule has 1 aromatic carbocycles. The fourth-order valence-electron chi connectivity index (χ4n) is 2.22. The van der Waals surface area contributed by atoms with Crippen molar-refractivity contribution in [2.45, 2.75) is 25.5 Å². The highest BCUT2D eigenvalue weighted by atomic mass is 16.6. The molecule has 116 valence electrons. The molecule has 0 amide bonds. The first-order valence-electron chi connectivity index (χ1n) is 6.90. The molecule has 0 heterocycles. The van der Waals surface area contributed by atoms with Gasteiger partial charge < -0.3 is 10.5 Å². The van der Waals surface area contributed by atoms with Crippen molar-refractivity contribution < 1.29 is 9.66 Å². The molecular formula is C15H18N4O3. The second-order valence-corrected chi connectivity index (χ2v) is 5.05. The maximum atomic E-state index is 10.6. The van der Waals surface area contributed by atoms with Crippen molar-refractivity contribution in [2.75, 3.05) is 6.61 Å². The highest BCUT2D eigenvalue weighted by molar-refractivity contribution is 5.43. The van der Waals surface area contributed by atoms with E-state index >= 15 is 0 Å². The van der Waals surface area contributed by atoms with Crippen LogP contribution in [0.5, 0.6) is 0 Å². The van der Waals surface area contributed by atoms with Gasteiger partial charge in [-0.25, -0.2) is 0 Å². The van der Waals surface area contributed by atoms with Gasteiger partial charge in [0, 0.05) is 24.4 Å². The monoisotopic (exact) mass is 302 g/mol. The lowest BCUT2D eigenvalue weighted by molar-refractivity contribution is -0.384. The van der Waals surface area contributed by atoms with Crippen LogP contribution in [0.4, 0.5) is 11.4 Å². The second-order valence-electron chi connectivity index (χ2n) is 5.05. The molecule has 0 radical (unpaired) electrons. The summed E-state index contributed by atoms with van der Waals surface area (Å²) in [7, 11) is 0. The molecule has 7 nitrogen and oxygen atoms in total. The molecule has 2 atom stereocenters. The van der Waals surface area contributed by atoms with Gasteiger partial charge in [0.25, 0.3) is 5.69 Å². The van der Waals surface area contributed by atoms with Crippen LogP contribution < -0.4 is 5.73 Å². The first-order chi connectivity index (χ1) is 10.4. The van der Waals surface area contributed by atoms with Crippen molar-refractivity contribution in [1.29, 1.82) is 0 Å². The summed E-state index contributed by atoms with van der Waals surface area (Å²) in [5.41, 5.74) is 6.34. The van der Waals surface area contributed by atoms with Crippen LogP contribution >= 0.6 is 0 Å². The fourth-order valence-corrected chi connectivity index (χ4v) is 2.22. The third-order valence-corrected chi connectivity index (χ3v) is 3.32. The van der Waals surface area contributed by atoms with E-state index in [-0.39, 0.29) is 11.7 Å². The SMILES string of the molecule is CCOC1(C)C=C(N)C=CC1N=Nc1ccc([N+](=O)[O-])cc1. The average molecular weight is 302 g/mol. The summed E-state index contributed by atoms with van der Waals surface area (Å²) in [5, 5.41) is 19.0. The van der Waals surface area contributed by atoms with Gasteiger partial charge in [0.15, 0.2) is 0 Å². The maximum Gasteiger partial charge on any atom is 0.269 e. The van der Waals surface area contributed by atoms with Crippen LogP contribution in [0.2, 0.25) is 0 Å². The van der Waals surface area contributed by atoms with Crippen LogP contribution in [0.1, 0.15) is 13.8 Å². The van der Waals surface area contributed by atoms with E-state index in [2.05, 4.69) is 10.2 Å². The molecule has 0 aliphatic heterocycles. The van der Waals surface area contributed by atoms with Gasteiger partial charge in [0.05, 0.1) is 10.6 Å². The number of hydrogen-bond donors (Lipinski definition) is 1. The summed E-state index contributed by atoms with van der Waals surface area (Å²) in [4.78, 5) is 10.2. The molecule has 1 aliphatic carbocycles. The number of hydrogen-bond acceptors (Lipinski definition) is 6. The Labute approximate surface area is 128 Å². The lowest BCUT2D eigenvalue weighted by Crippen LogP contribution is -2.40. The highest BCUT2D eigenvalue weighted by Crippen LogP contribution is 2.28. The number of nitrogens with zero attached hydrogens (tertiary/aromatic N) is 3. The molecule has 22 heavy (non-hydrogen) atoms. The lowest BCUT2D eigenvalue weighted by atomic mass is 9.91. The number of allylic oxidation sites excluding steroid dienone is 1. The molecule has 0 saturated carbocycles. The van der Waals surface area contributed by atoms with E-state index in [0.29, 0.717) is 18.0 Å². The molecule has 1 aliphatic rings. The van der Waals surface area contributed by atoms with Crippen molar-refractivity contribution >= 4 is 11.4 Å². The van der Waals surface area contributed by atoms with E-state index in [1.807, 2.05) is 26.0 Å². The largest absolute Gasteiger partial charge is 0.399 e. The minimum atomic E-state index is -0.655. The molecule has 0 saturated heterocycles. The number of ether oxygens (including phenoxy) is 1. The molecule has 0 bridgehead atoms. The molecule has 7 heteroatoms. The van der Waals surface area contributed by atoms with E-state index in [4.69, 9.17) is 10.5 Å². The molecule has 2 unspecified atom stereocenters. The predicted octanol–water partition coefficient (Wildman–Crippen LogP) is 3.25. The third-order valence-electron chi connectivity index (χ3n) is 3.32. The van der Waals surface area contributed by atoms with E-state index in [1.54, 1.807) is 18.2 Å². The third kappa shape index (κ3) is 3.56. The number of nitro benzene ring substituents is 1. The van der Waals surface area contributed by atoms with Gasteiger partial charge >= 0.3 is 0 Å². The normalized spacial score (nSPS) is 24.5. The Morgan fingerprint density at radius 1 is 1.41 bits per heavy atom. The summed E-state index contributed by atoms with van der Waals surface area (Å²) in [5.74, 6) is 0. The van der Waals surface area contributed by atoms with Gasteiger partial charge in [-0.2, -0.15) is 10.2 Å². The van der Waals surface area contributed by atoms with Gasteiger partial charge in [0.1, 0.15) is 11.6 Å². The average Bonchev–Trinajstić information content (AvgIpc) is 2.46. The Morgan fingerprint density at radius 3 is 2.68 bits per heavy atom. The minimum Gasteiger partial charge on any atom is -0.399 e. The van der Waals surface area contributed by atoms with E-state index in [1.165, 1.54) is 12.1 Å². The molecule has 0 aromatic heterocycles. The van der Waals surface area contributed by atoms with Crippen LogP contribution in [0.15, 0.2) is 58.4 Å². The topological polar surface area (TPSA) is 103 Å². The standard InChI is InChI=1S/C15H18N4O3/c1-3-22-15(2)10-11(16)4-9-14(15)18-17-12-5-7-13(8-6-12)19(20)21/h4-10,14H,3,16H2,1-2H3. The maximum absolute atomic E-state index is 10.6. The van der Waals surface area contributed by atoms with Crippen molar-refractivity contribution in [3.05, 3.63) is 58.3 Å². The quantitative estimate of drug-likeness (QED) is 0.512. The molecular weight excluding hydrogens is 284 g/mol. The number of nitro groups is 1. The van der Waals surface area contributed by atoms with Gasteiger partial charge in [-0.15, -0.1) is 0 Å². The van der Waals surface area contributed by atoms with Crippen LogP contribution in [-0.2, 0) is 4.74 Å². The van der Waals surface area contributed by atoms with Gasteiger partial charge in [-0.3, -0.25) is 10.1 Å². The van der Waals surface area contributed by atoms with Crippen molar-refractivity contribution in [3.63, 3.8) is 0 Å². The molecule has 0 fully saturated rings. The smallest absolute Gasteiger partial charge is 0.269 e. The van der Waals surface area contributed by atoms with Gasteiger partial charge in [-0.05, 0) is 38.1 Å². The van der Waals surface area contributed by atoms with E-state index in [9.17, 15) is 10.1 Å². The van der Waals surface area contributed by atoms with Crippen molar-refractivity contribution in [1.82, 2.24) is 0 Å². The summed E-state index contributed by atoms with van der Waals surface area (Å²) in [6, 6.07) is 5.58. The molecule has 2 rings (SSSR count). The zero-order valence-corrected chi connectivity index (χ0v) is 12.5. The number of non-ortho nitro benzene ring substituents is 1. The lowest BCUT2D eigenvalue weighted by Gasteiger charge is -2.32. The fraction of sp³-hybridized carbons (Fsp3) is 0.333.